The van der Waals surface area contributed by atoms with E-state index < -0.39 is 17.7 Å². The summed E-state index contributed by atoms with van der Waals surface area (Å²) in [5, 5.41) is 8.44. The van der Waals surface area contributed by atoms with Crippen LogP contribution in [-0.4, -0.2) is 11.3 Å². The number of rotatable bonds is 2. The summed E-state index contributed by atoms with van der Waals surface area (Å²) in [6.07, 6.45) is -2.73. The van der Waals surface area contributed by atoms with Crippen molar-refractivity contribution in [2.24, 2.45) is 0 Å². The maximum Gasteiger partial charge on any atom is 0.268 e. The maximum atomic E-state index is 12.3. The third-order valence-electron chi connectivity index (χ3n) is 1.56. The van der Waals surface area contributed by atoms with E-state index in [2.05, 4.69) is 4.98 Å². The number of carbonyl (C=O) groups excluding carboxylic acids is 1. The molecule has 0 aromatic carbocycles. The Morgan fingerprint density at radius 3 is 2.71 bits per heavy atom. The van der Waals surface area contributed by atoms with Gasteiger partial charge >= 0.3 is 0 Å². The van der Waals surface area contributed by atoms with Crippen molar-refractivity contribution in [3.63, 3.8) is 0 Å². The second kappa shape index (κ2) is 3.79. The second-order valence-electron chi connectivity index (χ2n) is 2.43. The number of hydrogen-bond donors (Lipinski definition) is 1. The number of carbonyl (C=O) groups is 1. The largest absolute Gasteiger partial charge is 0.398 e. The van der Waals surface area contributed by atoms with Crippen LogP contribution in [0.3, 0.4) is 0 Å². The Kier molecular flexibility index (Phi) is 2.72. The fraction of sp³-hybridized carbons (Fsp3) is 0.125. The summed E-state index contributed by atoms with van der Waals surface area (Å²) < 4.78 is 24.7. The van der Waals surface area contributed by atoms with Crippen LogP contribution in [0.25, 0.3) is 0 Å². The van der Waals surface area contributed by atoms with Crippen LogP contribution >= 0.6 is 0 Å². The number of anilines is 1. The molecule has 0 spiro atoms. The van der Waals surface area contributed by atoms with Gasteiger partial charge in [-0.15, -0.1) is 0 Å². The highest BCUT2D eigenvalue weighted by Gasteiger charge is 2.18. The van der Waals surface area contributed by atoms with Crippen LogP contribution in [0.4, 0.5) is 14.5 Å². The fourth-order valence-electron chi connectivity index (χ4n) is 0.980. The molecule has 0 unspecified atom stereocenters. The number of aldehydes is 1. The molecule has 0 fully saturated rings. The lowest BCUT2D eigenvalue weighted by atomic mass is 10.1. The van der Waals surface area contributed by atoms with Crippen LogP contribution in [0.5, 0.6) is 0 Å². The van der Waals surface area contributed by atoms with Gasteiger partial charge in [0.2, 0.25) is 0 Å². The summed E-state index contributed by atoms with van der Waals surface area (Å²) in [5.74, 6) is 0. The van der Waals surface area contributed by atoms with Crippen LogP contribution in [-0.2, 0) is 0 Å². The molecule has 14 heavy (non-hydrogen) atoms. The summed E-state index contributed by atoms with van der Waals surface area (Å²) in [7, 11) is 0. The Hall–Kier alpha value is -2.03. The van der Waals surface area contributed by atoms with Crippen LogP contribution in [0, 0.1) is 11.3 Å². The number of nitrogens with two attached hydrogens (primary N) is 1. The highest BCUT2D eigenvalue weighted by molar-refractivity contribution is 5.78. The molecule has 1 rings (SSSR count). The highest BCUT2D eigenvalue weighted by atomic mass is 19.3. The molecule has 0 saturated heterocycles. The van der Waals surface area contributed by atoms with Gasteiger partial charge in [-0.3, -0.25) is 4.79 Å². The van der Waals surface area contributed by atoms with E-state index >= 15 is 0 Å². The minimum absolute atomic E-state index is 0.151. The van der Waals surface area contributed by atoms with Crippen LogP contribution in [0.15, 0.2) is 6.07 Å². The van der Waals surface area contributed by atoms with E-state index in [-0.39, 0.29) is 17.7 Å². The Morgan fingerprint density at radius 1 is 1.64 bits per heavy atom. The first kappa shape index (κ1) is 10.1. The Morgan fingerprint density at radius 2 is 2.29 bits per heavy atom. The topological polar surface area (TPSA) is 79.8 Å². The predicted molar refractivity (Wildman–Crippen MR) is 43.7 cm³/mol. The van der Waals surface area contributed by atoms with Gasteiger partial charge in [0, 0.05) is 5.69 Å². The van der Waals surface area contributed by atoms with Gasteiger partial charge < -0.3 is 5.73 Å². The molecule has 0 atom stereocenters. The smallest absolute Gasteiger partial charge is 0.268 e. The fourth-order valence-corrected chi connectivity index (χ4v) is 0.980. The lowest BCUT2D eigenvalue weighted by molar-refractivity contribution is 0.110. The van der Waals surface area contributed by atoms with Crippen molar-refractivity contribution in [3.8, 4) is 6.07 Å². The number of pyridine rings is 1. The van der Waals surface area contributed by atoms with E-state index in [9.17, 15) is 13.6 Å². The molecule has 1 aromatic rings. The molecule has 2 N–H and O–H groups in total. The van der Waals surface area contributed by atoms with Gasteiger partial charge in [-0.1, -0.05) is 0 Å². The number of aromatic nitrogens is 1. The van der Waals surface area contributed by atoms with Gasteiger partial charge in [0.15, 0.2) is 6.29 Å². The number of halogens is 2. The second-order valence-corrected chi connectivity index (χ2v) is 2.43. The van der Waals surface area contributed by atoms with Gasteiger partial charge in [0.25, 0.3) is 6.43 Å². The quantitative estimate of drug-likeness (QED) is 0.724. The monoisotopic (exact) mass is 197 g/mol. The predicted octanol–water partition coefficient (Wildman–Crippen LogP) is 1.29. The zero-order chi connectivity index (χ0) is 10.7. The van der Waals surface area contributed by atoms with Crippen LogP contribution in [0.1, 0.15) is 28.2 Å². The van der Waals surface area contributed by atoms with E-state index in [1.807, 2.05) is 0 Å². The van der Waals surface area contributed by atoms with Crippen molar-refractivity contribution in [3.05, 3.63) is 23.0 Å². The van der Waals surface area contributed by atoms with Gasteiger partial charge in [0.05, 0.1) is 5.56 Å². The molecule has 0 aliphatic carbocycles. The van der Waals surface area contributed by atoms with Gasteiger partial charge in [-0.2, -0.15) is 5.26 Å². The SMILES string of the molecule is N#Cc1cc(N)c(C(F)F)c(C=O)n1. The zero-order valence-electron chi connectivity index (χ0n) is 6.87. The maximum absolute atomic E-state index is 12.3. The average molecular weight is 197 g/mol. The van der Waals surface area contributed by atoms with E-state index in [1.54, 1.807) is 6.07 Å². The van der Waals surface area contributed by atoms with Crippen molar-refractivity contribution in [2.75, 3.05) is 5.73 Å². The van der Waals surface area contributed by atoms with Gasteiger partial charge in [0.1, 0.15) is 17.5 Å². The van der Waals surface area contributed by atoms with E-state index in [4.69, 9.17) is 11.0 Å². The summed E-state index contributed by atoms with van der Waals surface area (Å²) in [4.78, 5) is 13.8. The van der Waals surface area contributed by atoms with Crippen LogP contribution in [0.2, 0.25) is 0 Å². The van der Waals surface area contributed by atoms with Crippen molar-refractivity contribution < 1.29 is 13.6 Å². The number of hydrogen-bond acceptors (Lipinski definition) is 4. The number of nitrogen functional groups attached to an aromatic ring is 1. The normalized spacial score (nSPS) is 9.86. The highest BCUT2D eigenvalue weighted by Crippen LogP contribution is 2.27. The Labute approximate surface area is 78.0 Å². The third kappa shape index (κ3) is 1.66. The van der Waals surface area contributed by atoms with Crippen molar-refractivity contribution in [1.29, 1.82) is 5.26 Å². The molecule has 0 aliphatic rings. The molecular formula is C8H5F2N3O. The molecule has 0 radical (unpaired) electrons. The molecule has 1 aromatic heterocycles. The molecule has 1 heterocycles. The van der Waals surface area contributed by atoms with E-state index in [1.165, 1.54) is 0 Å². The summed E-state index contributed by atoms with van der Waals surface area (Å²) in [6.45, 7) is 0. The molecule has 72 valence electrons. The molecular weight excluding hydrogens is 192 g/mol. The number of alkyl halides is 2. The minimum atomic E-state index is -2.88. The number of nitriles is 1. The first-order valence-electron chi connectivity index (χ1n) is 3.54. The summed E-state index contributed by atoms with van der Waals surface area (Å²) >= 11 is 0. The zero-order valence-corrected chi connectivity index (χ0v) is 6.87. The molecule has 0 saturated carbocycles. The van der Waals surface area contributed by atoms with E-state index in [0.717, 1.165) is 6.07 Å². The number of nitrogens with zero attached hydrogens (tertiary/aromatic N) is 2. The average Bonchev–Trinajstić information content (AvgIpc) is 2.15. The Balaban J connectivity index is 3.44. The van der Waals surface area contributed by atoms with Crippen molar-refractivity contribution >= 4 is 12.0 Å². The lowest BCUT2D eigenvalue weighted by Crippen LogP contribution is -2.04. The standard InChI is InChI=1S/C8H5F2N3O/c9-8(10)7-5(12)1-4(2-11)13-6(7)3-14/h1,3,8H,(H2,12,13). The van der Waals surface area contributed by atoms with Crippen molar-refractivity contribution in [2.45, 2.75) is 6.43 Å². The molecule has 0 bridgehead atoms. The van der Waals surface area contributed by atoms with Gasteiger partial charge in [-0.05, 0) is 6.07 Å². The first-order valence-corrected chi connectivity index (χ1v) is 3.54. The third-order valence-corrected chi connectivity index (χ3v) is 1.56. The van der Waals surface area contributed by atoms with Crippen LogP contribution < -0.4 is 5.73 Å². The Bertz CT molecular complexity index is 412. The molecule has 6 heteroatoms. The summed E-state index contributed by atoms with van der Waals surface area (Å²) in [6, 6.07) is 2.62. The lowest BCUT2D eigenvalue weighted by Gasteiger charge is -2.06. The first-order chi connectivity index (χ1) is 6.60. The minimum Gasteiger partial charge on any atom is -0.398 e. The van der Waals surface area contributed by atoms with Gasteiger partial charge in [-0.25, -0.2) is 13.8 Å². The van der Waals surface area contributed by atoms with Crippen molar-refractivity contribution in [1.82, 2.24) is 4.98 Å². The molecule has 0 aliphatic heterocycles. The molecule has 4 nitrogen and oxygen atoms in total. The summed E-state index contributed by atoms with van der Waals surface area (Å²) in [5.41, 5.74) is 3.67. The molecule has 0 amide bonds. The van der Waals surface area contributed by atoms with E-state index in [0.29, 0.717) is 0 Å².